The highest BCUT2D eigenvalue weighted by Crippen LogP contribution is 2.37. The number of carbonyl (C=O) groups excluding carboxylic acids is 1. The summed E-state index contributed by atoms with van der Waals surface area (Å²) < 4.78 is 5.27. The summed E-state index contributed by atoms with van der Waals surface area (Å²) in [4.78, 5) is 25.9. The first-order valence-electron chi connectivity index (χ1n) is 7.16. The summed E-state index contributed by atoms with van der Waals surface area (Å²) in [6.45, 7) is 4.57. The van der Waals surface area contributed by atoms with Crippen molar-refractivity contribution in [3.63, 3.8) is 0 Å². The molecule has 6 heteroatoms. The van der Waals surface area contributed by atoms with Crippen molar-refractivity contribution in [1.29, 1.82) is 0 Å². The first-order chi connectivity index (χ1) is 9.43. The van der Waals surface area contributed by atoms with Gasteiger partial charge in [-0.15, -0.1) is 0 Å². The molecule has 1 atom stereocenters. The van der Waals surface area contributed by atoms with Gasteiger partial charge in [-0.1, -0.05) is 0 Å². The third kappa shape index (κ3) is 2.67. The molecule has 0 aliphatic carbocycles. The predicted octanol–water partition coefficient (Wildman–Crippen LogP) is 0.326. The van der Waals surface area contributed by atoms with E-state index in [0.29, 0.717) is 26.1 Å². The van der Waals surface area contributed by atoms with Gasteiger partial charge >= 0.3 is 5.97 Å². The van der Waals surface area contributed by atoms with Crippen LogP contribution in [-0.4, -0.2) is 61.8 Å². The quantitative estimate of drug-likeness (QED) is 0.777. The predicted molar refractivity (Wildman–Crippen MR) is 73.4 cm³/mol. The molecule has 6 nitrogen and oxygen atoms in total. The van der Waals surface area contributed by atoms with Gasteiger partial charge < -0.3 is 20.1 Å². The Hall–Kier alpha value is -1.14. The van der Waals surface area contributed by atoms with E-state index in [1.165, 1.54) is 0 Å². The molecule has 2 N–H and O–H groups in total. The van der Waals surface area contributed by atoms with Crippen molar-refractivity contribution >= 4 is 11.9 Å². The molecular weight excluding hydrogens is 260 g/mol. The molecule has 2 saturated heterocycles. The molecule has 2 aliphatic rings. The smallest absolute Gasteiger partial charge is 0.311 e. The first-order valence-corrected chi connectivity index (χ1v) is 7.16. The molecule has 0 aromatic carbocycles. The summed E-state index contributed by atoms with van der Waals surface area (Å²) >= 11 is 0. The van der Waals surface area contributed by atoms with E-state index < -0.39 is 16.8 Å². The summed E-state index contributed by atoms with van der Waals surface area (Å²) in [5.74, 6) is -0.760. The second kappa shape index (κ2) is 5.69. The maximum absolute atomic E-state index is 12.8. The van der Waals surface area contributed by atoms with Crippen LogP contribution in [0, 0.1) is 10.8 Å². The van der Waals surface area contributed by atoms with Crippen molar-refractivity contribution in [1.82, 2.24) is 10.2 Å². The first kappa shape index (κ1) is 15.3. The van der Waals surface area contributed by atoms with Gasteiger partial charge in [0.1, 0.15) is 0 Å². The van der Waals surface area contributed by atoms with Crippen LogP contribution in [0.5, 0.6) is 0 Å². The number of nitrogens with one attached hydrogen (secondary N) is 1. The number of rotatable bonds is 4. The minimum Gasteiger partial charge on any atom is -0.481 e. The van der Waals surface area contributed by atoms with E-state index in [0.717, 1.165) is 25.9 Å². The molecule has 0 radical (unpaired) electrons. The highest BCUT2D eigenvalue weighted by Gasteiger charge is 2.48. The van der Waals surface area contributed by atoms with Crippen molar-refractivity contribution in [2.24, 2.45) is 10.8 Å². The summed E-state index contributed by atoms with van der Waals surface area (Å²) in [6, 6.07) is 0. The van der Waals surface area contributed by atoms with Gasteiger partial charge in [0.05, 0.1) is 17.4 Å². The van der Waals surface area contributed by atoms with Crippen LogP contribution in [0.3, 0.4) is 0 Å². The number of methoxy groups -OCH3 is 1. The third-order valence-electron chi connectivity index (χ3n) is 4.71. The number of piperidine rings is 1. The monoisotopic (exact) mass is 284 g/mol. The lowest BCUT2D eigenvalue weighted by Gasteiger charge is -2.38. The molecule has 2 heterocycles. The van der Waals surface area contributed by atoms with Crippen molar-refractivity contribution in [2.45, 2.75) is 26.2 Å². The lowest BCUT2D eigenvalue weighted by molar-refractivity contribution is -0.150. The number of likely N-dealkylation sites (tertiary alicyclic amines) is 1. The zero-order chi connectivity index (χ0) is 14.8. The van der Waals surface area contributed by atoms with E-state index in [9.17, 15) is 14.7 Å². The Bertz CT molecular complexity index is 387. The lowest BCUT2D eigenvalue weighted by Crippen LogP contribution is -2.51. The van der Waals surface area contributed by atoms with Crippen molar-refractivity contribution < 1.29 is 19.4 Å². The van der Waals surface area contributed by atoms with Gasteiger partial charge in [-0.05, 0) is 39.3 Å². The van der Waals surface area contributed by atoms with Crippen molar-refractivity contribution in [2.75, 3.05) is 39.9 Å². The summed E-state index contributed by atoms with van der Waals surface area (Å²) in [6.07, 6.45) is 2.02. The maximum Gasteiger partial charge on any atom is 0.311 e. The van der Waals surface area contributed by atoms with Gasteiger partial charge in [-0.3, -0.25) is 9.59 Å². The normalized spacial score (nSPS) is 29.4. The Kier molecular flexibility index (Phi) is 4.34. The average molecular weight is 284 g/mol. The van der Waals surface area contributed by atoms with Crippen LogP contribution in [-0.2, 0) is 14.3 Å². The van der Waals surface area contributed by atoms with E-state index in [1.54, 1.807) is 18.9 Å². The third-order valence-corrected chi connectivity index (χ3v) is 4.71. The zero-order valence-corrected chi connectivity index (χ0v) is 12.3. The van der Waals surface area contributed by atoms with Crippen LogP contribution in [0.2, 0.25) is 0 Å². The summed E-state index contributed by atoms with van der Waals surface area (Å²) in [5.41, 5.74) is -1.29. The van der Waals surface area contributed by atoms with Gasteiger partial charge in [0, 0.05) is 20.2 Å². The Morgan fingerprint density at radius 2 is 1.95 bits per heavy atom. The summed E-state index contributed by atoms with van der Waals surface area (Å²) in [7, 11) is 1.61. The molecule has 2 rings (SSSR count). The number of carboxylic acid groups (broad SMARTS) is 1. The van der Waals surface area contributed by atoms with Crippen LogP contribution in [0.15, 0.2) is 0 Å². The molecular formula is C14H24N2O4. The summed E-state index contributed by atoms with van der Waals surface area (Å²) in [5, 5.41) is 12.5. The largest absolute Gasteiger partial charge is 0.481 e. The SMILES string of the molecule is COCC1(C(=O)N2CCC(C)(C(=O)O)C2)CCNCC1. The molecule has 114 valence electrons. The van der Waals surface area contributed by atoms with Crippen LogP contribution in [0.4, 0.5) is 0 Å². The van der Waals surface area contributed by atoms with Crippen LogP contribution in [0.25, 0.3) is 0 Å². The number of ether oxygens (including phenoxy) is 1. The molecule has 20 heavy (non-hydrogen) atoms. The van der Waals surface area contributed by atoms with Gasteiger partial charge in [0.15, 0.2) is 0 Å². The number of carbonyl (C=O) groups is 2. The molecule has 2 fully saturated rings. The standard InChI is InChI=1S/C14H24N2O4/c1-13(12(18)19)5-8-16(9-13)11(17)14(10-20-2)3-6-15-7-4-14/h15H,3-10H2,1-2H3,(H,18,19). The fourth-order valence-electron chi connectivity index (χ4n) is 3.25. The van der Waals surface area contributed by atoms with E-state index in [1.807, 2.05) is 0 Å². The molecule has 1 amide bonds. The number of nitrogens with zero attached hydrogens (tertiary/aromatic N) is 1. The molecule has 0 saturated carbocycles. The number of aliphatic carboxylic acids is 1. The van der Waals surface area contributed by atoms with Gasteiger partial charge in [0.2, 0.25) is 5.91 Å². The topological polar surface area (TPSA) is 78.9 Å². The molecule has 0 bridgehead atoms. The fraction of sp³-hybridized carbons (Fsp3) is 0.857. The lowest BCUT2D eigenvalue weighted by atomic mass is 9.78. The fourth-order valence-corrected chi connectivity index (χ4v) is 3.25. The highest BCUT2D eigenvalue weighted by molar-refractivity contribution is 5.85. The number of amides is 1. The molecule has 0 aromatic rings. The molecule has 0 aromatic heterocycles. The Balaban J connectivity index is 2.11. The molecule has 0 spiro atoms. The second-order valence-electron chi connectivity index (χ2n) is 6.31. The van der Waals surface area contributed by atoms with E-state index in [-0.39, 0.29) is 5.91 Å². The van der Waals surface area contributed by atoms with Crippen LogP contribution in [0.1, 0.15) is 26.2 Å². The zero-order valence-electron chi connectivity index (χ0n) is 12.3. The van der Waals surface area contributed by atoms with E-state index in [4.69, 9.17) is 4.74 Å². The molecule has 1 unspecified atom stereocenters. The minimum atomic E-state index is -0.820. The van der Waals surface area contributed by atoms with Gasteiger partial charge in [-0.25, -0.2) is 0 Å². The Morgan fingerprint density at radius 1 is 1.30 bits per heavy atom. The molecule has 2 aliphatic heterocycles. The highest BCUT2D eigenvalue weighted by atomic mass is 16.5. The van der Waals surface area contributed by atoms with Crippen LogP contribution < -0.4 is 5.32 Å². The maximum atomic E-state index is 12.8. The minimum absolute atomic E-state index is 0.0609. The van der Waals surface area contributed by atoms with E-state index >= 15 is 0 Å². The van der Waals surface area contributed by atoms with Crippen molar-refractivity contribution in [3.8, 4) is 0 Å². The van der Waals surface area contributed by atoms with Crippen LogP contribution >= 0.6 is 0 Å². The average Bonchev–Trinajstić information content (AvgIpc) is 2.83. The Morgan fingerprint density at radius 3 is 2.45 bits per heavy atom. The Labute approximate surface area is 119 Å². The van der Waals surface area contributed by atoms with Crippen molar-refractivity contribution in [3.05, 3.63) is 0 Å². The number of hydrogen-bond acceptors (Lipinski definition) is 4. The number of hydrogen-bond donors (Lipinski definition) is 2. The van der Waals surface area contributed by atoms with Gasteiger partial charge in [0.25, 0.3) is 0 Å². The number of carboxylic acids is 1. The second-order valence-corrected chi connectivity index (χ2v) is 6.31. The van der Waals surface area contributed by atoms with E-state index in [2.05, 4.69) is 5.32 Å². The van der Waals surface area contributed by atoms with Gasteiger partial charge in [-0.2, -0.15) is 0 Å².